The molecule has 144 valence electrons. The van der Waals surface area contributed by atoms with Crippen LogP contribution in [-0.4, -0.2) is 53.8 Å². The predicted molar refractivity (Wildman–Crippen MR) is 111 cm³/mol. The summed E-state index contributed by atoms with van der Waals surface area (Å²) in [6.45, 7) is 4.11. The first-order valence-corrected chi connectivity index (χ1v) is 9.81. The van der Waals surface area contributed by atoms with Gasteiger partial charge in [0.15, 0.2) is 0 Å². The molecule has 28 heavy (non-hydrogen) atoms. The van der Waals surface area contributed by atoms with E-state index in [4.69, 9.17) is 0 Å². The summed E-state index contributed by atoms with van der Waals surface area (Å²) in [5, 5.41) is 12.0. The minimum absolute atomic E-state index is 0.146. The number of carboxylic acid groups (broad SMARTS) is 1. The summed E-state index contributed by atoms with van der Waals surface area (Å²) in [6, 6.07) is 10.5. The second-order valence-electron chi connectivity index (χ2n) is 8.01. The number of aromatic carboxylic acids is 1. The molecule has 0 atom stereocenters. The molecule has 0 spiro atoms. The van der Waals surface area contributed by atoms with Gasteiger partial charge in [-0.1, -0.05) is 6.07 Å². The van der Waals surface area contributed by atoms with E-state index in [9.17, 15) is 14.7 Å². The van der Waals surface area contributed by atoms with Gasteiger partial charge in [-0.25, -0.2) is 4.79 Å². The average molecular weight is 377 g/mol. The number of piperazine rings is 1. The number of rotatable bonds is 3. The van der Waals surface area contributed by atoms with Crippen LogP contribution in [0.4, 0.5) is 5.69 Å². The van der Waals surface area contributed by atoms with Crippen molar-refractivity contribution in [3.8, 4) is 0 Å². The third kappa shape index (κ3) is 2.85. The van der Waals surface area contributed by atoms with E-state index >= 15 is 0 Å². The first kappa shape index (κ1) is 17.3. The number of carboxylic acids is 1. The summed E-state index contributed by atoms with van der Waals surface area (Å²) in [5.41, 5.74) is 1.49. The molecule has 1 aromatic heterocycles. The lowest BCUT2D eigenvalue weighted by Crippen LogP contribution is -2.44. The Morgan fingerprint density at radius 1 is 1.04 bits per heavy atom. The van der Waals surface area contributed by atoms with Crippen molar-refractivity contribution in [2.24, 2.45) is 0 Å². The number of hydrogen-bond acceptors (Lipinski definition) is 4. The lowest BCUT2D eigenvalue weighted by atomic mass is 10.0. The number of nitrogens with zero attached hydrogens (tertiary/aromatic N) is 3. The minimum atomic E-state index is -1.16. The Morgan fingerprint density at radius 2 is 1.79 bits per heavy atom. The normalized spacial score (nSPS) is 18.1. The number of aromatic nitrogens is 1. The van der Waals surface area contributed by atoms with Crippen molar-refractivity contribution in [3.05, 3.63) is 52.3 Å². The Kier molecular flexibility index (Phi) is 3.91. The molecule has 1 saturated carbocycles. The van der Waals surface area contributed by atoms with E-state index in [2.05, 4.69) is 35.0 Å². The second kappa shape index (κ2) is 6.34. The molecule has 6 heteroatoms. The Morgan fingerprint density at radius 3 is 2.46 bits per heavy atom. The van der Waals surface area contributed by atoms with Crippen molar-refractivity contribution in [1.82, 2.24) is 9.47 Å². The summed E-state index contributed by atoms with van der Waals surface area (Å²) in [7, 11) is 2.15. The molecule has 1 saturated heterocycles. The van der Waals surface area contributed by atoms with Gasteiger partial charge in [0.05, 0.1) is 5.52 Å². The van der Waals surface area contributed by atoms with Crippen molar-refractivity contribution in [1.29, 1.82) is 0 Å². The van der Waals surface area contributed by atoms with Gasteiger partial charge in [0.2, 0.25) is 5.43 Å². The van der Waals surface area contributed by atoms with E-state index in [0.717, 1.165) is 55.3 Å². The zero-order chi connectivity index (χ0) is 19.4. The fourth-order valence-electron chi connectivity index (χ4n) is 4.15. The third-order valence-corrected chi connectivity index (χ3v) is 6.01. The highest BCUT2D eigenvalue weighted by molar-refractivity contribution is 6.00. The maximum absolute atomic E-state index is 12.7. The van der Waals surface area contributed by atoms with E-state index in [-0.39, 0.29) is 5.56 Å². The van der Waals surface area contributed by atoms with Gasteiger partial charge in [-0.3, -0.25) is 4.79 Å². The molecule has 2 fully saturated rings. The number of fused-ring (bicyclic) bond motifs is 2. The molecule has 0 amide bonds. The number of hydrogen-bond donors (Lipinski definition) is 1. The molecular formula is C22H23N3O3. The maximum atomic E-state index is 12.7. The standard InChI is InChI=1S/C22H23N3O3/c1-23-6-8-24(9-7-23)17-3-2-14-11-18-20(12-15(14)10-17)25(16-4-5-16)13-19(21(18)26)22(27)28/h2-3,10-13,16H,4-9H2,1H3,(H,27,28). The number of pyridine rings is 1. The van der Waals surface area contributed by atoms with Crippen LogP contribution in [-0.2, 0) is 0 Å². The van der Waals surface area contributed by atoms with Crippen molar-refractivity contribution in [3.63, 3.8) is 0 Å². The largest absolute Gasteiger partial charge is 0.477 e. The van der Waals surface area contributed by atoms with Crippen LogP contribution in [0.15, 0.2) is 41.3 Å². The van der Waals surface area contributed by atoms with Gasteiger partial charge < -0.3 is 19.5 Å². The molecule has 5 rings (SSSR count). The molecular weight excluding hydrogens is 354 g/mol. The first-order valence-electron chi connectivity index (χ1n) is 9.81. The highest BCUT2D eigenvalue weighted by atomic mass is 16.4. The minimum Gasteiger partial charge on any atom is -0.477 e. The van der Waals surface area contributed by atoms with Gasteiger partial charge in [-0.2, -0.15) is 0 Å². The Bertz CT molecular complexity index is 1160. The maximum Gasteiger partial charge on any atom is 0.341 e. The van der Waals surface area contributed by atoms with Crippen molar-refractivity contribution >= 4 is 33.3 Å². The second-order valence-corrected chi connectivity index (χ2v) is 8.01. The van der Waals surface area contributed by atoms with E-state index < -0.39 is 11.4 Å². The van der Waals surface area contributed by atoms with Gasteiger partial charge in [-0.15, -0.1) is 0 Å². The number of anilines is 1. The zero-order valence-corrected chi connectivity index (χ0v) is 15.9. The highest BCUT2D eigenvalue weighted by Gasteiger charge is 2.27. The van der Waals surface area contributed by atoms with Gasteiger partial charge in [-0.05, 0) is 54.9 Å². The number of carbonyl (C=O) groups is 1. The van der Waals surface area contributed by atoms with Gasteiger partial charge >= 0.3 is 5.97 Å². The molecule has 6 nitrogen and oxygen atoms in total. The fraction of sp³-hybridized carbons (Fsp3) is 0.364. The summed E-state index contributed by atoms with van der Waals surface area (Å²) in [4.78, 5) is 29.0. The van der Waals surface area contributed by atoms with Crippen LogP contribution < -0.4 is 10.3 Å². The highest BCUT2D eigenvalue weighted by Crippen LogP contribution is 2.38. The molecule has 1 aliphatic carbocycles. The topological polar surface area (TPSA) is 65.8 Å². The molecule has 0 bridgehead atoms. The molecule has 1 aliphatic heterocycles. The quantitative estimate of drug-likeness (QED) is 0.711. The summed E-state index contributed by atoms with van der Waals surface area (Å²) in [6.07, 6.45) is 3.58. The predicted octanol–water partition coefficient (Wildman–Crippen LogP) is 2.94. The van der Waals surface area contributed by atoms with Crippen molar-refractivity contribution < 1.29 is 9.90 Å². The summed E-state index contributed by atoms with van der Waals surface area (Å²) < 4.78 is 1.99. The van der Waals surface area contributed by atoms with Crippen LogP contribution in [0.25, 0.3) is 21.7 Å². The molecule has 2 aliphatic rings. The zero-order valence-electron chi connectivity index (χ0n) is 15.9. The van der Waals surface area contributed by atoms with Crippen LogP contribution in [0.1, 0.15) is 29.2 Å². The summed E-state index contributed by atoms with van der Waals surface area (Å²) in [5.74, 6) is -1.16. The van der Waals surface area contributed by atoms with Gasteiger partial charge in [0.1, 0.15) is 5.56 Å². The number of benzene rings is 2. The van der Waals surface area contributed by atoms with E-state index in [1.165, 1.54) is 11.9 Å². The first-order chi connectivity index (χ1) is 13.5. The average Bonchev–Trinajstić information content (AvgIpc) is 3.52. The molecule has 2 aromatic carbocycles. The van der Waals surface area contributed by atoms with E-state index in [1.54, 1.807) is 0 Å². The van der Waals surface area contributed by atoms with Crippen LogP contribution in [0, 0.1) is 0 Å². The van der Waals surface area contributed by atoms with Crippen molar-refractivity contribution in [2.45, 2.75) is 18.9 Å². The fourth-order valence-corrected chi connectivity index (χ4v) is 4.15. The summed E-state index contributed by atoms with van der Waals surface area (Å²) >= 11 is 0. The monoisotopic (exact) mass is 377 g/mol. The Labute approximate surface area is 162 Å². The molecule has 3 aromatic rings. The Hall–Kier alpha value is -2.86. The van der Waals surface area contributed by atoms with E-state index in [0.29, 0.717) is 11.4 Å². The SMILES string of the molecule is CN1CCN(c2ccc3cc4c(=O)c(C(=O)O)cn(C5CC5)c4cc3c2)CC1. The van der Waals surface area contributed by atoms with Crippen LogP contribution in [0.3, 0.4) is 0 Å². The van der Waals surface area contributed by atoms with E-state index in [1.807, 2.05) is 16.7 Å². The molecule has 0 unspecified atom stereocenters. The molecule has 0 radical (unpaired) electrons. The van der Waals surface area contributed by atoms with Gasteiger partial charge in [0, 0.05) is 49.5 Å². The van der Waals surface area contributed by atoms with Crippen LogP contribution in [0.2, 0.25) is 0 Å². The molecule has 1 N–H and O–H groups in total. The van der Waals surface area contributed by atoms with Crippen LogP contribution >= 0.6 is 0 Å². The third-order valence-electron chi connectivity index (χ3n) is 6.01. The number of likely N-dealkylation sites (N-methyl/N-ethyl adjacent to an activating group) is 1. The van der Waals surface area contributed by atoms with Crippen LogP contribution in [0.5, 0.6) is 0 Å². The smallest absolute Gasteiger partial charge is 0.341 e. The Balaban J connectivity index is 1.68. The lowest BCUT2D eigenvalue weighted by Gasteiger charge is -2.34. The van der Waals surface area contributed by atoms with Gasteiger partial charge in [0.25, 0.3) is 0 Å². The lowest BCUT2D eigenvalue weighted by molar-refractivity contribution is 0.0695. The molecule has 2 heterocycles. The van der Waals surface area contributed by atoms with Crippen molar-refractivity contribution in [2.75, 3.05) is 38.1 Å².